The molecule has 1 aliphatic heterocycles. The van der Waals surface area contributed by atoms with Crippen molar-refractivity contribution in [1.82, 2.24) is 14.4 Å². The van der Waals surface area contributed by atoms with Gasteiger partial charge in [0, 0.05) is 37.1 Å². The van der Waals surface area contributed by atoms with Crippen LogP contribution >= 0.6 is 11.3 Å². The number of hydrogen-bond acceptors (Lipinski definition) is 6. The van der Waals surface area contributed by atoms with E-state index in [1.807, 2.05) is 35.2 Å². The molecule has 4 aromatic rings. The Morgan fingerprint density at radius 2 is 1.66 bits per heavy atom. The van der Waals surface area contributed by atoms with Gasteiger partial charge in [-0.3, -0.25) is 19.0 Å². The average Bonchev–Trinajstić information content (AvgIpc) is 3.31. The van der Waals surface area contributed by atoms with E-state index >= 15 is 0 Å². The van der Waals surface area contributed by atoms with Crippen LogP contribution in [0.1, 0.15) is 27.0 Å². The minimum Gasteiger partial charge on any atom is -0.494 e. The molecule has 1 fully saturated rings. The van der Waals surface area contributed by atoms with Crippen LogP contribution in [-0.4, -0.2) is 65.9 Å². The first-order chi connectivity index (χ1) is 17.0. The fourth-order valence-electron chi connectivity index (χ4n) is 4.71. The van der Waals surface area contributed by atoms with Gasteiger partial charge in [0.2, 0.25) is 0 Å². The van der Waals surface area contributed by atoms with Crippen LogP contribution in [0.3, 0.4) is 0 Å². The predicted molar refractivity (Wildman–Crippen MR) is 139 cm³/mol. The highest BCUT2D eigenvalue weighted by molar-refractivity contribution is 7.22. The van der Waals surface area contributed by atoms with Gasteiger partial charge in [-0.25, -0.2) is 0 Å². The minimum atomic E-state index is -0.328. The summed E-state index contributed by atoms with van der Waals surface area (Å²) in [5.74, 6) is 0.0234. The first-order valence-corrected chi connectivity index (χ1v) is 12.6. The molecular weight excluding hydrogens is 462 g/mol. The van der Waals surface area contributed by atoms with Crippen LogP contribution in [0.4, 0.5) is 0 Å². The molecule has 0 radical (unpaired) electrons. The van der Waals surface area contributed by atoms with Crippen molar-refractivity contribution < 1.29 is 14.3 Å². The molecule has 0 unspecified atom stereocenters. The standard InChI is InChI=1S/C27H27N3O4S/c1-3-28-13-15-29(16-14-28)27(33)25-23(34-2)22-24(35-25)19-11-7-8-12-20(19)30(26(22)32)17-21(31)18-9-5-4-6-10-18/h4-12H,3,13-17H2,1-2H3. The molecule has 0 spiro atoms. The van der Waals surface area contributed by atoms with Crippen molar-refractivity contribution in [3.63, 3.8) is 0 Å². The van der Waals surface area contributed by atoms with Crippen LogP contribution in [0.15, 0.2) is 59.4 Å². The van der Waals surface area contributed by atoms with Gasteiger partial charge in [0.05, 0.1) is 23.9 Å². The van der Waals surface area contributed by atoms with E-state index in [-0.39, 0.29) is 23.8 Å². The molecule has 1 saturated heterocycles. The molecule has 7 nitrogen and oxygen atoms in total. The number of Topliss-reactive ketones (excluding diaryl/α,β-unsaturated/α-hetero) is 1. The number of aromatic nitrogens is 1. The number of carbonyl (C=O) groups excluding carboxylic acids is 2. The molecule has 2 aromatic heterocycles. The van der Waals surface area contributed by atoms with Crippen LogP contribution in [0.5, 0.6) is 5.75 Å². The number of ketones is 1. The summed E-state index contributed by atoms with van der Waals surface area (Å²) in [6.07, 6.45) is 0. The molecule has 0 aliphatic carbocycles. The third-order valence-electron chi connectivity index (χ3n) is 6.67. The summed E-state index contributed by atoms with van der Waals surface area (Å²) in [5, 5.41) is 1.17. The molecule has 5 rings (SSSR count). The topological polar surface area (TPSA) is 71.8 Å². The third-order valence-corrected chi connectivity index (χ3v) is 7.86. The van der Waals surface area contributed by atoms with E-state index in [1.54, 1.807) is 24.3 Å². The lowest BCUT2D eigenvalue weighted by atomic mass is 10.1. The number of benzene rings is 2. The van der Waals surface area contributed by atoms with Crippen LogP contribution < -0.4 is 10.3 Å². The van der Waals surface area contributed by atoms with Crippen LogP contribution in [0, 0.1) is 0 Å². The van der Waals surface area contributed by atoms with Gasteiger partial charge in [-0.05, 0) is 12.6 Å². The van der Waals surface area contributed by atoms with Crippen molar-refractivity contribution in [2.24, 2.45) is 0 Å². The lowest BCUT2D eigenvalue weighted by molar-refractivity contribution is 0.0645. The number of rotatable bonds is 6. The quantitative estimate of drug-likeness (QED) is 0.385. The average molecular weight is 490 g/mol. The van der Waals surface area contributed by atoms with Crippen molar-refractivity contribution in [3.05, 3.63) is 75.4 Å². The molecule has 0 saturated carbocycles. The van der Waals surface area contributed by atoms with E-state index in [1.165, 1.54) is 23.0 Å². The molecule has 1 aliphatic rings. The van der Waals surface area contributed by atoms with Crippen molar-refractivity contribution in [1.29, 1.82) is 0 Å². The monoisotopic (exact) mass is 489 g/mol. The van der Waals surface area contributed by atoms with Crippen LogP contribution in [0.2, 0.25) is 0 Å². The summed E-state index contributed by atoms with van der Waals surface area (Å²) in [5.41, 5.74) is 0.877. The zero-order chi connectivity index (χ0) is 24.5. The van der Waals surface area contributed by atoms with Crippen molar-refractivity contribution in [3.8, 4) is 5.75 Å². The summed E-state index contributed by atoms with van der Waals surface area (Å²) in [7, 11) is 1.49. The second-order valence-electron chi connectivity index (χ2n) is 8.59. The highest BCUT2D eigenvalue weighted by Crippen LogP contribution is 2.40. The van der Waals surface area contributed by atoms with Gasteiger partial charge >= 0.3 is 0 Å². The Labute approximate surface area is 207 Å². The van der Waals surface area contributed by atoms with Crippen LogP contribution in [-0.2, 0) is 6.54 Å². The highest BCUT2D eigenvalue weighted by Gasteiger charge is 2.29. The summed E-state index contributed by atoms with van der Waals surface area (Å²) in [6.45, 7) is 5.91. The first-order valence-electron chi connectivity index (χ1n) is 11.7. The molecule has 35 heavy (non-hydrogen) atoms. The second kappa shape index (κ2) is 9.64. The zero-order valence-electron chi connectivity index (χ0n) is 19.8. The molecule has 0 bridgehead atoms. The number of methoxy groups -OCH3 is 1. The Kier molecular flexibility index (Phi) is 6.40. The third kappa shape index (κ3) is 4.13. The molecule has 0 atom stereocenters. The summed E-state index contributed by atoms with van der Waals surface area (Å²) >= 11 is 1.30. The van der Waals surface area contributed by atoms with Crippen molar-refractivity contribution in [2.75, 3.05) is 39.8 Å². The lowest BCUT2D eigenvalue weighted by Gasteiger charge is -2.33. The fourth-order valence-corrected chi connectivity index (χ4v) is 5.97. The minimum absolute atomic E-state index is 0.0967. The molecule has 8 heteroatoms. The zero-order valence-corrected chi connectivity index (χ0v) is 20.6. The maximum Gasteiger partial charge on any atom is 0.267 e. The number of likely N-dealkylation sites (N-methyl/N-ethyl adjacent to an activating group) is 1. The SMILES string of the molecule is CCN1CCN(C(=O)c2sc3c(c2OC)c(=O)n(CC(=O)c2ccccc2)c2ccccc32)CC1. The smallest absolute Gasteiger partial charge is 0.267 e. The maximum absolute atomic E-state index is 13.8. The van der Waals surface area contributed by atoms with Gasteiger partial charge < -0.3 is 14.5 Å². The van der Waals surface area contributed by atoms with E-state index < -0.39 is 0 Å². The van der Waals surface area contributed by atoms with Crippen molar-refractivity contribution in [2.45, 2.75) is 13.5 Å². The van der Waals surface area contributed by atoms with Gasteiger partial charge in [-0.2, -0.15) is 0 Å². The van der Waals surface area contributed by atoms with E-state index in [2.05, 4.69) is 11.8 Å². The molecule has 180 valence electrons. The van der Waals surface area contributed by atoms with Gasteiger partial charge in [0.25, 0.3) is 11.5 Å². The van der Waals surface area contributed by atoms with Crippen LogP contribution in [0.25, 0.3) is 21.0 Å². The number of hydrogen-bond donors (Lipinski definition) is 0. The molecule has 1 amide bonds. The molecule has 0 N–H and O–H groups in total. The summed E-state index contributed by atoms with van der Waals surface area (Å²) in [6, 6.07) is 16.4. The van der Waals surface area contributed by atoms with Gasteiger partial charge in [-0.15, -0.1) is 11.3 Å². The Morgan fingerprint density at radius 3 is 2.34 bits per heavy atom. The number of fused-ring (bicyclic) bond motifs is 3. The van der Waals surface area contributed by atoms with Crippen molar-refractivity contribution >= 4 is 44.0 Å². The van der Waals surface area contributed by atoms with Gasteiger partial charge in [-0.1, -0.05) is 55.5 Å². The lowest BCUT2D eigenvalue weighted by Crippen LogP contribution is -2.48. The molecule has 2 aromatic carbocycles. The second-order valence-corrected chi connectivity index (χ2v) is 9.61. The maximum atomic E-state index is 13.8. The number of amides is 1. The van der Waals surface area contributed by atoms with Gasteiger partial charge in [0.1, 0.15) is 10.3 Å². The molecular formula is C27H27N3O4S. The predicted octanol–water partition coefficient (Wildman–Crippen LogP) is 3.89. The molecule has 3 heterocycles. The summed E-state index contributed by atoms with van der Waals surface area (Å²) < 4.78 is 7.89. The largest absolute Gasteiger partial charge is 0.494 e. The number of carbonyl (C=O) groups is 2. The fraction of sp³-hybridized carbons (Fsp3) is 0.296. The number of thiophene rings is 1. The highest BCUT2D eigenvalue weighted by atomic mass is 32.1. The van der Waals surface area contributed by atoms with E-state index in [9.17, 15) is 14.4 Å². The Morgan fingerprint density at radius 1 is 0.971 bits per heavy atom. The van der Waals surface area contributed by atoms with E-state index in [4.69, 9.17) is 4.74 Å². The Balaban J connectivity index is 1.64. The normalized spacial score (nSPS) is 14.5. The Bertz CT molecular complexity index is 1470. The number of nitrogens with zero attached hydrogens (tertiary/aromatic N) is 3. The van der Waals surface area contributed by atoms with E-state index in [0.29, 0.717) is 44.9 Å². The van der Waals surface area contributed by atoms with Gasteiger partial charge in [0.15, 0.2) is 11.5 Å². The Hall–Kier alpha value is -3.49. The van der Waals surface area contributed by atoms with E-state index in [0.717, 1.165) is 25.0 Å². The number of pyridine rings is 1. The first kappa shape index (κ1) is 23.3. The number of para-hydroxylation sites is 1. The summed E-state index contributed by atoms with van der Waals surface area (Å²) in [4.78, 5) is 44.9. The number of piperazine rings is 1. The number of ether oxygens (including phenoxy) is 1.